The molecule has 0 aliphatic heterocycles. The van der Waals surface area contributed by atoms with Crippen LogP contribution >= 0.6 is 39.0 Å². The normalized spacial score (nSPS) is 12.6. The molecule has 2 N–H and O–H groups in total. The molecule has 0 aliphatic rings. The number of benzene rings is 6. The maximum absolute atomic E-state index is 12.8. The molecular formula is C47H36Cl2F12FeN2O2P2. The summed E-state index contributed by atoms with van der Waals surface area (Å²) in [5, 5.41) is 23.9. The first kappa shape index (κ1) is 54.5. The third kappa shape index (κ3) is 12.7. The zero-order valence-electron chi connectivity index (χ0n) is 34.6. The summed E-state index contributed by atoms with van der Waals surface area (Å²) in [6.07, 6.45) is -25.6. The van der Waals surface area contributed by atoms with E-state index in [1.807, 2.05) is 0 Å². The van der Waals surface area contributed by atoms with E-state index >= 15 is 0 Å². The number of rotatable bonds is 10. The summed E-state index contributed by atoms with van der Waals surface area (Å²) in [4.78, 5) is 0. The maximum atomic E-state index is 12.8. The Labute approximate surface area is 402 Å². The van der Waals surface area contributed by atoms with Gasteiger partial charge in [0.2, 0.25) is 0 Å². The van der Waals surface area contributed by atoms with Crippen molar-refractivity contribution in [3.8, 4) is 0 Å². The van der Waals surface area contributed by atoms with Gasteiger partial charge in [0, 0.05) is 0 Å². The van der Waals surface area contributed by atoms with Gasteiger partial charge in [0.1, 0.15) is 0 Å². The average Bonchev–Trinajstić information content (AvgIpc) is 3.49. The third-order valence-electron chi connectivity index (χ3n) is 9.81. The van der Waals surface area contributed by atoms with Gasteiger partial charge in [-0.3, -0.25) is 0 Å². The topological polar surface area (TPSA) is 50.3 Å². The van der Waals surface area contributed by atoms with Crippen molar-refractivity contribution < 1.29 is 78.5 Å². The largest absolute Gasteiger partial charge is 0.0622 e. The van der Waals surface area contributed by atoms with Crippen LogP contribution in [-0.4, -0.2) is 55.3 Å². The predicted octanol–water partition coefficient (Wildman–Crippen LogP) is 11.3. The van der Waals surface area contributed by atoms with Gasteiger partial charge in [0.05, 0.1) is 0 Å². The summed E-state index contributed by atoms with van der Waals surface area (Å²) >= 11 is 13.5. The summed E-state index contributed by atoms with van der Waals surface area (Å²) in [6.45, 7) is -5.14. The minimum absolute atomic E-state index is 0.405. The van der Waals surface area contributed by atoms with Crippen LogP contribution in [0.1, 0.15) is 0 Å². The molecule has 0 atom stereocenters. The zero-order valence-corrected chi connectivity index (χ0v) is 39.0. The Balaban J connectivity index is 0.000000198. The number of nitrogens with zero attached hydrogens (tertiary/aromatic N) is 2. The summed E-state index contributed by atoms with van der Waals surface area (Å²) in [7, 11) is -0.892. The number of imidazole rings is 1. The fraction of sp³-hybridized carbons (Fsp3) is 0.170. The van der Waals surface area contributed by atoms with E-state index in [0.29, 0.717) is 0 Å². The zero-order chi connectivity index (χ0) is 50.1. The second-order valence-corrected chi connectivity index (χ2v) is 20.1. The standard InChI is InChI=1S/2C18H15P.C11H6Cl2F12N2O2.Fe/c2*1-4-10-16(11-5-1)19(17-12-6-2-7-13-17)18-14-8-3-9-15-18;12-4-5(13)27(2-7(29,10(20,21)22)11(23,24)25)3-26(4)1-6(28,8(14,15)16)9(17,18)19;/h2*1-15H;28-29H,1-2H2;. The second kappa shape index (κ2) is 22.5. The molecule has 7 rings (SSSR count). The van der Waals surface area contributed by atoms with E-state index in [1.54, 1.807) is 0 Å². The molecule has 0 radical (unpaired) electrons. The summed E-state index contributed by atoms with van der Waals surface area (Å²) < 4.78 is 152. The smallest absolute Gasteiger partial charge is 0.0134 e. The molecule has 0 fully saturated rings. The number of alkyl halides is 12. The van der Waals surface area contributed by atoms with E-state index < -0.39 is 88.6 Å². The van der Waals surface area contributed by atoms with E-state index in [4.69, 9.17) is 33.4 Å². The van der Waals surface area contributed by atoms with Crippen LogP contribution in [-0.2, 0) is 28.7 Å². The molecule has 0 saturated heterocycles. The Kier molecular flexibility index (Phi) is 18.1. The molecule has 0 aliphatic carbocycles. The van der Waals surface area contributed by atoms with Crippen LogP contribution in [0.15, 0.2) is 182 Å². The fourth-order valence-electron chi connectivity index (χ4n) is 6.29. The van der Waals surface area contributed by atoms with Crippen LogP contribution in [0.4, 0.5) is 52.7 Å². The molecule has 7 aromatic rings. The van der Waals surface area contributed by atoms with Crippen molar-refractivity contribution in [3.05, 3.63) is 197 Å². The first-order chi connectivity index (χ1) is 31.8. The predicted molar refractivity (Wildman–Crippen MR) is 240 cm³/mol. The van der Waals surface area contributed by atoms with Crippen LogP contribution in [0.25, 0.3) is 0 Å². The molecule has 4 nitrogen and oxygen atoms in total. The van der Waals surface area contributed by atoms with Gasteiger partial charge in [-0.2, -0.15) is 0 Å². The van der Waals surface area contributed by atoms with Gasteiger partial charge in [-0.05, 0) is 47.7 Å². The van der Waals surface area contributed by atoms with E-state index in [9.17, 15) is 52.7 Å². The van der Waals surface area contributed by atoms with Crippen molar-refractivity contribution in [3.63, 3.8) is 0 Å². The molecule has 1 heterocycles. The molecule has 6 aromatic carbocycles. The molecule has 0 saturated carbocycles. The number of hydrogen-bond acceptors (Lipinski definition) is 2. The van der Waals surface area contributed by atoms with E-state index in [2.05, 4.69) is 198 Å². The minimum atomic E-state index is -6.40. The first-order valence-corrected chi connectivity index (χ1v) is 23.6. The molecule has 1 aromatic heterocycles. The monoisotopic (exact) mass is 1080 g/mol. The molecular weight excluding hydrogens is 1040 g/mol. The maximum Gasteiger partial charge on any atom is -0.0134 e. The van der Waals surface area contributed by atoms with Crippen LogP contribution in [0, 0.1) is 4.32 Å². The van der Waals surface area contributed by atoms with Crippen LogP contribution < -0.4 is 31.8 Å². The molecule has 0 bridgehead atoms. The van der Waals surface area contributed by atoms with Crippen molar-refractivity contribution >= 4 is 70.9 Å². The van der Waals surface area contributed by atoms with Crippen molar-refractivity contribution in [1.82, 2.24) is 9.13 Å². The van der Waals surface area contributed by atoms with Crippen molar-refractivity contribution in [1.29, 1.82) is 0 Å². The quantitative estimate of drug-likeness (QED) is 0.0815. The van der Waals surface area contributed by atoms with Crippen molar-refractivity contribution in [2.45, 2.75) is 49.0 Å². The summed E-state index contributed by atoms with van der Waals surface area (Å²) in [5.41, 5.74) is -11.1. The van der Waals surface area contributed by atoms with E-state index in [0.717, 1.165) is 0 Å². The number of aliphatic hydroxyl groups is 2. The SMILES string of the molecule is OC(Cn1c(Cl)c(Cl)n(CC(O)(C(F)(F)F)C(F)(F)F)[c]1=[Fe])(C(F)(F)F)C(F)(F)F.c1ccc(P(c2ccccc2)c2ccccc2)cc1.c1ccc(P(c2ccccc2)c2ccccc2)cc1. The second-order valence-electron chi connectivity index (χ2n) is 14.4. The van der Waals surface area contributed by atoms with E-state index in [1.165, 1.54) is 31.8 Å². The summed E-state index contributed by atoms with van der Waals surface area (Å²) in [6, 6.07) is 64.7. The Hall–Kier alpha value is -4.43. The minimum Gasteiger partial charge on any atom is -0.0622 e. The van der Waals surface area contributed by atoms with Gasteiger partial charge in [0.25, 0.3) is 0 Å². The van der Waals surface area contributed by atoms with Gasteiger partial charge in [0.15, 0.2) is 0 Å². The Morgan fingerprint density at radius 3 is 0.662 bits per heavy atom. The van der Waals surface area contributed by atoms with Crippen LogP contribution in [0.5, 0.6) is 0 Å². The molecule has 68 heavy (non-hydrogen) atoms. The number of halogens is 14. The average molecular weight is 1080 g/mol. The van der Waals surface area contributed by atoms with Crippen LogP contribution in [0.3, 0.4) is 0 Å². The Bertz CT molecular complexity index is 2310. The fourth-order valence-corrected chi connectivity index (χ4v) is 11.9. The Morgan fingerprint density at radius 2 is 0.515 bits per heavy atom. The van der Waals surface area contributed by atoms with Crippen molar-refractivity contribution in [2.75, 3.05) is 0 Å². The van der Waals surface area contributed by atoms with Gasteiger partial charge >= 0.3 is 174 Å². The van der Waals surface area contributed by atoms with Gasteiger partial charge in [-0.25, -0.2) is 0 Å². The van der Waals surface area contributed by atoms with Gasteiger partial charge in [-0.15, -0.1) is 0 Å². The van der Waals surface area contributed by atoms with Gasteiger partial charge in [-0.1, -0.05) is 182 Å². The number of aromatic nitrogens is 2. The molecule has 0 spiro atoms. The third-order valence-corrected chi connectivity index (χ3v) is 16.2. The van der Waals surface area contributed by atoms with Gasteiger partial charge < -0.3 is 0 Å². The number of hydrogen-bond donors (Lipinski definition) is 2. The molecule has 362 valence electrons. The Morgan fingerprint density at radius 1 is 0.353 bits per heavy atom. The molecule has 21 heteroatoms. The molecule has 0 unspecified atom stereocenters. The summed E-state index contributed by atoms with van der Waals surface area (Å²) in [5.74, 6) is 0. The van der Waals surface area contributed by atoms with Crippen LogP contribution in [0.2, 0.25) is 10.3 Å². The van der Waals surface area contributed by atoms with E-state index in [-0.39, 0.29) is 0 Å². The van der Waals surface area contributed by atoms with Crippen molar-refractivity contribution in [2.24, 2.45) is 0 Å². The molecule has 0 amide bonds. The first-order valence-electron chi connectivity index (χ1n) is 19.6.